The molecule has 2 amide bonds. The highest BCUT2D eigenvalue weighted by Gasteiger charge is 2.37. The maximum atomic E-state index is 12.8. The van der Waals surface area contributed by atoms with Crippen LogP contribution in [0.4, 0.5) is 4.79 Å². The van der Waals surface area contributed by atoms with Crippen LogP contribution in [0.15, 0.2) is 16.5 Å². The summed E-state index contributed by atoms with van der Waals surface area (Å²) >= 11 is 0. The molecule has 1 aliphatic carbocycles. The van der Waals surface area contributed by atoms with Crippen LogP contribution in [0.5, 0.6) is 0 Å². The van der Waals surface area contributed by atoms with E-state index in [1.807, 2.05) is 35.8 Å². The Bertz CT molecular complexity index is 638. The third-order valence-corrected chi connectivity index (χ3v) is 5.55. The fourth-order valence-electron chi connectivity index (χ4n) is 4.04. The van der Waals surface area contributed by atoms with Gasteiger partial charge in [-0.15, -0.1) is 0 Å². The third kappa shape index (κ3) is 4.20. The third-order valence-electron chi connectivity index (χ3n) is 5.55. The van der Waals surface area contributed by atoms with Gasteiger partial charge in [-0.2, -0.15) is 0 Å². The van der Waals surface area contributed by atoms with Crippen LogP contribution in [-0.4, -0.2) is 58.6 Å². The van der Waals surface area contributed by atoms with Gasteiger partial charge in [-0.25, -0.2) is 4.79 Å². The minimum absolute atomic E-state index is 0.00692. The molecule has 7 nitrogen and oxygen atoms in total. The number of carboxylic acid groups (broad SMARTS) is 1. The maximum Gasteiger partial charge on any atom is 0.318 e. The highest BCUT2D eigenvalue weighted by atomic mass is 16.4. The standard InChI is InChI=1S/C19H29N3O4/c1-3-21(12-18(23)24)15-10-14(11-15)20-19(25)22-9-5-4-6-16(22)17-8-7-13(2)26-17/h7-8,14-16H,3-6,9-12H2,1-2H3,(H,20,25)(H,23,24). The number of likely N-dealkylation sites (N-methyl/N-ethyl adjacent to an activating group) is 1. The van der Waals surface area contributed by atoms with Crippen LogP contribution in [0, 0.1) is 6.92 Å². The molecule has 0 aromatic carbocycles. The zero-order valence-corrected chi connectivity index (χ0v) is 15.6. The average molecular weight is 363 g/mol. The Balaban J connectivity index is 1.54. The van der Waals surface area contributed by atoms with Gasteiger partial charge in [0.05, 0.1) is 12.6 Å². The van der Waals surface area contributed by atoms with Gasteiger partial charge in [0.25, 0.3) is 0 Å². The van der Waals surface area contributed by atoms with Crippen LogP contribution in [0.25, 0.3) is 0 Å². The Morgan fingerprint density at radius 3 is 2.73 bits per heavy atom. The molecule has 1 aromatic rings. The van der Waals surface area contributed by atoms with Gasteiger partial charge < -0.3 is 19.7 Å². The Kier molecular flexibility index (Phi) is 5.86. The number of aliphatic carboxylic acids is 1. The fourth-order valence-corrected chi connectivity index (χ4v) is 4.04. The zero-order chi connectivity index (χ0) is 18.7. The number of hydrogen-bond donors (Lipinski definition) is 2. The van der Waals surface area contributed by atoms with E-state index in [1.165, 1.54) is 0 Å². The van der Waals surface area contributed by atoms with Gasteiger partial charge in [0.2, 0.25) is 0 Å². The lowest BCUT2D eigenvalue weighted by molar-refractivity contribution is -0.139. The van der Waals surface area contributed by atoms with E-state index >= 15 is 0 Å². The number of carboxylic acids is 1. The van der Waals surface area contributed by atoms with E-state index in [1.54, 1.807) is 0 Å². The first-order chi connectivity index (χ1) is 12.5. The van der Waals surface area contributed by atoms with Crippen LogP contribution in [0.3, 0.4) is 0 Å². The lowest BCUT2D eigenvalue weighted by atomic mass is 9.85. The number of piperidine rings is 1. The van der Waals surface area contributed by atoms with Crippen molar-refractivity contribution in [3.05, 3.63) is 23.7 Å². The monoisotopic (exact) mass is 363 g/mol. The van der Waals surface area contributed by atoms with Crippen LogP contribution >= 0.6 is 0 Å². The van der Waals surface area contributed by atoms with E-state index in [-0.39, 0.29) is 30.7 Å². The molecule has 1 atom stereocenters. The molecule has 0 bridgehead atoms. The quantitative estimate of drug-likeness (QED) is 0.812. The van der Waals surface area contributed by atoms with Crippen molar-refractivity contribution in [1.82, 2.24) is 15.1 Å². The van der Waals surface area contributed by atoms with Crippen LogP contribution in [0.1, 0.15) is 56.6 Å². The summed E-state index contributed by atoms with van der Waals surface area (Å²) < 4.78 is 5.76. The van der Waals surface area contributed by atoms with Crippen molar-refractivity contribution >= 4 is 12.0 Å². The Morgan fingerprint density at radius 1 is 1.35 bits per heavy atom. The van der Waals surface area contributed by atoms with E-state index in [0.29, 0.717) is 6.54 Å². The second-order valence-electron chi connectivity index (χ2n) is 7.38. The molecule has 7 heteroatoms. The molecule has 1 aliphatic heterocycles. The number of hydrogen-bond acceptors (Lipinski definition) is 4. The smallest absolute Gasteiger partial charge is 0.318 e. The summed E-state index contributed by atoms with van der Waals surface area (Å²) in [4.78, 5) is 27.6. The van der Waals surface area contributed by atoms with Gasteiger partial charge in [0, 0.05) is 18.6 Å². The number of carbonyl (C=O) groups excluding carboxylic acids is 1. The second-order valence-corrected chi connectivity index (χ2v) is 7.38. The van der Waals surface area contributed by atoms with Gasteiger partial charge in [0.1, 0.15) is 11.5 Å². The predicted molar refractivity (Wildman–Crippen MR) is 97.0 cm³/mol. The van der Waals surface area contributed by atoms with E-state index in [4.69, 9.17) is 9.52 Å². The van der Waals surface area contributed by atoms with Crippen LogP contribution < -0.4 is 5.32 Å². The van der Waals surface area contributed by atoms with E-state index in [2.05, 4.69) is 5.32 Å². The van der Waals surface area contributed by atoms with Crippen molar-refractivity contribution in [2.45, 2.75) is 64.1 Å². The van der Waals surface area contributed by atoms with Gasteiger partial charge in [-0.1, -0.05) is 6.92 Å². The first-order valence-electron chi connectivity index (χ1n) is 9.57. The summed E-state index contributed by atoms with van der Waals surface area (Å²) in [6.45, 7) is 5.41. The highest BCUT2D eigenvalue weighted by Crippen LogP contribution is 2.33. The number of amides is 2. The van der Waals surface area contributed by atoms with E-state index in [0.717, 1.165) is 50.2 Å². The Morgan fingerprint density at radius 2 is 2.12 bits per heavy atom. The fraction of sp³-hybridized carbons (Fsp3) is 0.684. The topological polar surface area (TPSA) is 86.0 Å². The molecule has 1 saturated carbocycles. The molecule has 2 fully saturated rings. The first-order valence-corrected chi connectivity index (χ1v) is 9.57. The summed E-state index contributed by atoms with van der Waals surface area (Å²) in [6.07, 6.45) is 4.66. The van der Waals surface area contributed by atoms with E-state index in [9.17, 15) is 9.59 Å². The van der Waals surface area contributed by atoms with Crippen molar-refractivity contribution < 1.29 is 19.1 Å². The maximum absolute atomic E-state index is 12.8. The van der Waals surface area contributed by atoms with Gasteiger partial charge >= 0.3 is 12.0 Å². The molecule has 1 saturated heterocycles. The van der Waals surface area contributed by atoms with Crippen LogP contribution in [-0.2, 0) is 4.79 Å². The first kappa shape index (κ1) is 18.8. The number of furan rings is 1. The lowest BCUT2D eigenvalue weighted by Crippen LogP contribution is -2.57. The van der Waals surface area contributed by atoms with Gasteiger partial charge in [0.15, 0.2) is 0 Å². The number of nitrogens with one attached hydrogen (secondary N) is 1. The molecule has 0 spiro atoms. The van der Waals surface area contributed by atoms with E-state index < -0.39 is 5.97 Å². The minimum Gasteiger partial charge on any atom is -0.480 e. The Labute approximate surface area is 154 Å². The molecule has 2 N–H and O–H groups in total. The van der Waals surface area contributed by atoms with Crippen molar-refractivity contribution in [1.29, 1.82) is 0 Å². The largest absolute Gasteiger partial charge is 0.480 e. The molecule has 1 unspecified atom stereocenters. The number of aryl methyl sites for hydroxylation is 1. The summed E-state index contributed by atoms with van der Waals surface area (Å²) in [7, 11) is 0. The second kappa shape index (κ2) is 8.12. The van der Waals surface area contributed by atoms with Gasteiger partial charge in [-0.05, 0) is 57.7 Å². The van der Waals surface area contributed by atoms with Crippen molar-refractivity contribution in [2.75, 3.05) is 19.6 Å². The normalized spacial score (nSPS) is 25.8. The number of rotatable bonds is 6. The molecule has 1 aromatic heterocycles. The predicted octanol–water partition coefficient (Wildman–Crippen LogP) is 2.76. The molecule has 144 valence electrons. The van der Waals surface area contributed by atoms with Gasteiger partial charge in [-0.3, -0.25) is 9.69 Å². The summed E-state index contributed by atoms with van der Waals surface area (Å²) in [5, 5.41) is 12.1. The van der Waals surface area contributed by atoms with Crippen molar-refractivity contribution in [3.63, 3.8) is 0 Å². The average Bonchev–Trinajstić information content (AvgIpc) is 3.02. The van der Waals surface area contributed by atoms with Crippen molar-refractivity contribution in [2.24, 2.45) is 0 Å². The summed E-state index contributed by atoms with van der Waals surface area (Å²) in [5.41, 5.74) is 0. The molecule has 26 heavy (non-hydrogen) atoms. The Hall–Kier alpha value is -2.02. The zero-order valence-electron chi connectivity index (χ0n) is 15.6. The lowest BCUT2D eigenvalue weighted by Gasteiger charge is -2.43. The molecule has 2 aliphatic rings. The highest BCUT2D eigenvalue weighted by molar-refractivity contribution is 5.75. The number of urea groups is 1. The molecular weight excluding hydrogens is 334 g/mol. The number of nitrogens with zero attached hydrogens (tertiary/aromatic N) is 2. The molecule has 3 rings (SSSR count). The molecular formula is C19H29N3O4. The molecule has 0 radical (unpaired) electrons. The SMILES string of the molecule is CCN(CC(=O)O)C1CC(NC(=O)N2CCCCC2c2ccc(C)o2)C1. The van der Waals surface area contributed by atoms with Crippen molar-refractivity contribution in [3.8, 4) is 0 Å². The summed E-state index contributed by atoms with van der Waals surface area (Å²) in [6, 6.07) is 4.25. The summed E-state index contributed by atoms with van der Waals surface area (Å²) in [5.74, 6) is 0.928. The number of carbonyl (C=O) groups is 2. The van der Waals surface area contributed by atoms with Crippen LogP contribution in [0.2, 0.25) is 0 Å². The molecule has 2 heterocycles. The minimum atomic E-state index is -0.802. The number of likely N-dealkylation sites (tertiary alicyclic amines) is 1.